The SMILES string of the molecule is Cc1ccc(-c2ccc(-c3nc4c(n3-c3ccccc3)C=CC=CC4)cc2)cc1. The van der Waals surface area contributed by atoms with Gasteiger partial charge in [0.2, 0.25) is 0 Å². The third-order valence-corrected chi connectivity index (χ3v) is 5.34. The van der Waals surface area contributed by atoms with Crippen molar-refractivity contribution in [3.63, 3.8) is 0 Å². The summed E-state index contributed by atoms with van der Waals surface area (Å²) < 4.78 is 2.26. The lowest BCUT2D eigenvalue weighted by atomic mass is 10.0. The van der Waals surface area contributed by atoms with Crippen molar-refractivity contribution in [2.75, 3.05) is 0 Å². The van der Waals surface area contributed by atoms with Gasteiger partial charge in [-0.3, -0.25) is 4.57 Å². The Morgan fingerprint density at radius 1 is 0.724 bits per heavy atom. The van der Waals surface area contributed by atoms with Crippen LogP contribution in [0, 0.1) is 6.92 Å². The molecule has 0 aliphatic heterocycles. The molecule has 5 rings (SSSR count). The van der Waals surface area contributed by atoms with Gasteiger partial charge < -0.3 is 0 Å². The average molecular weight is 374 g/mol. The summed E-state index contributed by atoms with van der Waals surface area (Å²) in [6, 6.07) is 27.9. The van der Waals surface area contributed by atoms with Crippen molar-refractivity contribution in [3.05, 3.63) is 114 Å². The Morgan fingerprint density at radius 2 is 1.38 bits per heavy atom. The number of nitrogens with zero attached hydrogens (tertiary/aromatic N) is 2. The van der Waals surface area contributed by atoms with Gasteiger partial charge in [0, 0.05) is 17.7 Å². The van der Waals surface area contributed by atoms with Crippen molar-refractivity contribution in [1.82, 2.24) is 9.55 Å². The number of hydrogen-bond donors (Lipinski definition) is 0. The Balaban J connectivity index is 1.62. The molecule has 1 aliphatic carbocycles. The van der Waals surface area contributed by atoms with Gasteiger partial charge in [0.25, 0.3) is 0 Å². The van der Waals surface area contributed by atoms with Gasteiger partial charge in [0.15, 0.2) is 0 Å². The predicted molar refractivity (Wildman–Crippen MR) is 121 cm³/mol. The van der Waals surface area contributed by atoms with E-state index >= 15 is 0 Å². The monoisotopic (exact) mass is 374 g/mol. The van der Waals surface area contributed by atoms with Gasteiger partial charge in [-0.1, -0.05) is 90.5 Å². The maximum Gasteiger partial charge on any atom is 0.145 e. The molecule has 1 heterocycles. The fourth-order valence-electron chi connectivity index (χ4n) is 3.79. The molecule has 0 atom stereocenters. The van der Waals surface area contributed by atoms with E-state index in [4.69, 9.17) is 4.98 Å². The summed E-state index contributed by atoms with van der Waals surface area (Å²) in [4.78, 5) is 5.03. The zero-order valence-corrected chi connectivity index (χ0v) is 16.4. The van der Waals surface area contributed by atoms with Crippen LogP contribution in [-0.4, -0.2) is 9.55 Å². The van der Waals surface area contributed by atoms with Crippen molar-refractivity contribution < 1.29 is 0 Å². The fourth-order valence-corrected chi connectivity index (χ4v) is 3.79. The number of benzene rings is 3. The maximum atomic E-state index is 5.03. The fraction of sp³-hybridized carbons (Fsp3) is 0.0741. The van der Waals surface area contributed by atoms with Gasteiger partial charge >= 0.3 is 0 Å². The third-order valence-electron chi connectivity index (χ3n) is 5.34. The van der Waals surface area contributed by atoms with E-state index < -0.39 is 0 Å². The van der Waals surface area contributed by atoms with Crippen LogP contribution in [0.4, 0.5) is 0 Å². The Hall–Kier alpha value is -3.65. The standard InChI is InChI=1S/C27H22N2/c1-20-12-14-21(15-13-20)22-16-18-23(19-17-22)27-28-25-10-6-3-7-11-26(25)29(27)24-8-4-2-5-9-24/h2-9,11-19H,10H2,1H3. The van der Waals surface area contributed by atoms with Crippen LogP contribution in [-0.2, 0) is 6.42 Å². The lowest BCUT2D eigenvalue weighted by Crippen LogP contribution is -2.00. The van der Waals surface area contributed by atoms with Crippen molar-refractivity contribution in [3.8, 4) is 28.2 Å². The van der Waals surface area contributed by atoms with E-state index in [0.29, 0.717) is 0 Å². The van der Waals surface area contributed by atoms with Crippen molar-refractivity contribution in [2.24, 2.45) is 0 Å². The second-order valence-corrected chi connectivity index (χ2v) is 7.37. The van der Waals surface area contributed by atoms with Crippen molar-refractivity contribution in [1.29, 1.82) is 0 Å². The highest BCUT2D eigenvalue weighted by Gasteiger charge is 2.18. The van der Waals surface area contributed by atoms with Crippen LogP contribution in [0.15, 0.2) is 97.1 Å². The van der Waals surface area contributed by atoms with Crippen LogP contribution in [0.5, 0.6) is 0 Å². The topological polar surface area (TPSA) is 17.8 Å². The first-order valence-electron chi connectivity index (χ1n) is 9.97. The van der Waals surface area contributed by atoms with Crippen LogP contribution in [0.2, 0.25) is 0 Å². The van der Waals surface area contributed by atoms with Crippen LogP contribution in [0.1, 0.15) is 17.0 Å². The van der Waals surface area contributed by atoms with Crippen LogP contribution < -0.4 is 0 Å². The molecule has 0 unspecified atom stereocenters. The summed E-state index contributed by atoms with van der Waals surface area (Å²) in [5.41, 5.74) is 8.24. The summed E-state index contributed by atoms with van der Waals surface area (Å²) in [6.45, 7) is 2.12. The number of para-hydroxylation sites is 1. The van der Waals surface area contributed by atoms with Gasteiger partial charge in [0.05, 0.1) is 11.4 Å². The zero-order valence-electron chi connectivity index (χ0n) is 16.4. The summed E-state index contributed by atoms with van der Waals surface area (Å²) in [7, 11) is 0. The quantitative estimate of drug-likeness (QED) is 0.393. The van der Waals surface area contributed by atoms with E-state index in [1.54, 1.807) is 0 Å². The minimum Gasteiger partial charge on any atom is -0.293 e. The molecule has 0 fully saturated rings. The van der Waals surface area contributed by atoms with Gasteiger partial charge in [-0.15, -0.1) is 0 Å². The predicted octanol–water partition coefficient (Wildman–Crippen LogP) is 6.64. The molecule has 4 aromatic rings. The molecule has 0 amide bonds. The maximum absolute atomic E-state index is 5.03. The molecule has 0 spiro atoms. The minimum atomic E-state index is 0.844. The Labute approximate surface area is 171 Å². The molecule has 0 N–H and O–H groups in total. The number of hydrogen-bond acceptors (Lipinski definition) is 1. The van der Waals surface area contributed by atoms with Crippen LogP contribution in [0.3, 0.4) is 0 Å². The molecule has 0 radical (unpaired) electrons. The first kappa shape index (κ1) is 17.4. The molecule has 0 saturated carbocycles. The van der Waals surface area contributed by atoms with Crippen LogP contribution >= 0.6 is 0 Å². The molecule has 140 valence electrons. The molecule has 2 nitrogen and oxygen atoms in total. The van der Waals surface area contributed by atoms with E-state index in [9.17, 15) is 0 Å². The number of rotatable bonds is 3. The highest BCUT2D eigenvalue weighted by Crippen LogP contribution is 2.30. The molecule has 0 saturated heterocycles. The number of aryl methyl sites for hydroxylation is 1. The number of fused-ring (bicyclic) bond motifs is 1. The molecule has 1 aliphatic rings. The average Bonchev–Trinajstić information content (AvgIpc) is 2.97. The van der Waals surface area contributed by atoms with Crippen LogP contribution in [0.25, 0.3) is 34.3 Å². The molecule has 1 aromatic heterocycles. The number of allylic oxidation sites excluding steroid dienone is 3. The second kappa shape index (κ2) is 7.40. The third kappa shape index (κ3) is 3.34. The van der Waals surface area contributed by atoms with E-state index in [1.165, 1.54) is 16.7 Å². The smallest absolute Gasteiger partial charge is 0.145 e. The first-order chi connectivity index (χ1) is 14.3. The largest absolute Gasteiger partial charge is 0.293 e. The lowest BCUT2D eigenvalue weighted by molar-refractivity contribution is 1.05. The van der Waals surface area contributed by atoms with Gasteiger partial charge in [0.1, 0.15) is 5.82 Å². The molecular weight excluding hydrogens is 352 g/mol. The summed E-state index contributed by atoms with van der Waals surface area (Å²) in [5.74, 6) is 0.983. The van der Waals surface area contributed by atoms with E-state index in [2.05, 4.69) is 109 Å². The molecule has 2 heteroatoms. The van der Waals surface area contributed by atoms with E-state index in [-0.39, 0.29) is 0 Å². The summed E-state index contributed by atoms with van der Waals surface area (Å²) >= 11 is 0. The first-order valence-corrected chi connectivity index (χ1v) is 9.97. The van der Waals surface area contributed by atoms with E-state index in [0.717, 1.165) is 34.9 Å². The summed E-state index contributed by atoms with van der Waals surface area (Å²) in [6.07, 6.45) is 9.35. The Kier molecular flexibility index (Phi) is 4.45. The molecule has 0 bridgehead atoms. The lowest BCUT2D eigenvalue weighted by Gasteiger charge is -2.11. The minimum absolute atomic E-state index is 0.844. The molecular formula is C27H22N2. The zero-order chi connectivity index (χ0) is 19.6. The number of aromatic nitrogens is 2. The highest BCUT2D eigenvalue weighted by atomic mass is 15.1. The Morgan fingerprint density at radius 3 is 2.10 bits per heavy atom. The van der Waals surface area contributed by atoms with Gasteiger partial charge in [-0.25, -0.2) is 4.98 Å². The van der Waals surface area contributed by atoms with Crippen molar-refractivity contribution in [2.45, 2.75) is 13.3 Å². The Bertz CT molecular complexity index is 1190. The van der Waals surface area contributed by atoms with Gasteiger partial charge in [-0.2, -0.15) is 0 Å². The second-order valence-electron chi connectivity index (χ2n) is 7.37. The molecule has 29 heavy (non-hydrogen) atoms. The normalized spacial score (nSPS) is 12.6. The highest BCUT2D eigenvalue weighted by molar-refractivity contribution is 5.71. The van der Waals surface area contributed by atoms with E-state index in [1.807, 2.05) is 6.07 Å². The van der Waals surface area contributed by atoms with Gasteiger partial charge in [-0.05, 0) is 36.3 Å². The van der Waals surface area contributed by atoms with Crippen molar-refractivity contribution >= 4 is 6.08 Å². The summed E-state index contributed by atoms with van der Waals surface area (Å²) in [5, 5.41) is 0. The number of imidazole rings is 1. The molecule has 3 aromatic carbocycles.